The molecule has 1 saturated carbocycles. The van der Waals surface area contributed by atoms with Crippen LogP contribution in [-0.4, -0.2) is 0 Å². The van der Waals surface area contributed by atoms with Gasteiger partial charge in [0.05, 0.1) is 11.6 Å². The van der Waals surface area contributed by atoms with Crippen molar-refractivity contribution >= 4 is 5.70 Å². The normalized spacial score (nSPS) is 15.9. The molecule has 1 N–H and O–H groups in total. The fourth-order valence-corrected chi connectivity index (χ4v) is 4.43. The van der Waals surface area contributed by atoms with Crippen molar-refractivity contribution in [3.05, 3.63) is 77.4 Å². The van der Waals surface area contributed by atoms with Gasteiger partial charge < -0.3 is 5.32 Å². The predicted octanol–water partition coefficient (Wildman–Crippen LogP) is 9.90. The first-order chi connectivity index (χ1) is 16.3. The van der Waals surface area contributed by atoms with Crippen LogP contribution in [0.5, 0.6) is 0 Å². The number of unbranched alkanes of at least 4 members (excludes halogenated alkanes) is 3. The Morgan fingerprint density at radius 2 is 1.54 bits per heavy atom. The number of alkyl halides is 5. The number of nitrogens with one attached hydrogen (secondary N) is 1. The van der Waals surface area contributed by atoms with Crippen LogP contribution in [0, 0.1) is 5.41 Å². The van der Waals surface area contributed by atoms with Crippen molar-refractivity contribution in [2.75, 3.05) is 0 Å². The molecule has 1 atom stereocenters. The van der Waals surface area contributed by atoms with Crippen LogP contribution in [0.3, 0.4) is 0 Å². The molecular formula is C29H38F5N. The van der Waals surface area contributed by atoms with Crippen molar-refractivity contribution in [1.29, 1.82) is 0 Å². The molecule has 1 aliphatic carbocycles. The van der Waals surface area contributed by atoms with Crippen LogP contribution in [0.4, 0.5) is 22.0 Å². The molecule has 0 heterocycles. The maximum absolute atomic E-state index is 14.1. The molecule has 2 aromatic carbocycles. The minimum Gasteiger partial charge on any atom is -0.378 e. The van der Waals surface area contributed by atoms with Gasteiger partial charge in [-0.15, -0.1) is 0 Å². The van der Waals surface area contributed by atoms with Gasteiger partial charge in [-0.25, -0.2) is 8.78 Å². The van der Waals surface area contributed by atoms with Gasteiger partial charge in [0, 0.05) is 23.7 Å². The lowest BCUT2D eigenvalue weighted by atomic mass is 9.63. The summed E-state index contributed by atoms with van der Waals surface area (Å²) in [5, 5.41) is 3.19. The van der Waals surface area contributed by atoms with Crippen LogP contribution < -0.4 is 5.32 Å². The zero-order valence-electron chi connectivity index (χ0n) is 21.2. The van der Waals surface area contributed by atoms with Crippen molar-refractivity contribution in [1.82, 2.24) is 5.32 Å². The molecular weight excluding hydrogens is 457 g/mol. The summed E-state index contributed by atoms with van der Waals surface area (Å²) in [7, 11) is 0. The number of rotatable bonds is 9. The second-order valence-electron chi connectivity index (χ2n) is 9.83. The van der Waals surface area contributed by atoms with Crippen LogP contribution in [0.1, 0.15) is 101 Å². The molecule has 0 amide bonds. The first-order valence-electron chi connectivity index (χ1n) is 12.4. The van der Waals surface area contributed by atoms with E-state index in [-0.39, 0.29) is 22.7 Å². The summed E-state index contributed by atoms with van der Waals surface area (Å²) in [6, 6.07) is 11.5. The number of benzene rings is 2. The Kier molecular flexibility index (Phi) is 9.94. The molecule has 1 fully saturated rings. The summed E-state index contributed by atoms with van der Waals surface area (Å²) in [4.78, 5) is 0. The van der Waals surface area contributed by atoms with Gasteiger partial charge in [0.1, 0.15) is 0 Å². The average molecular weight is 496 g/mol. The van der Waals surface area contributed by atoms with Crippen LogP contribution in [0.25, 0.3) is 5.70 Å². The third kappa shape index (κ3) is 7.81. The lowest BCUT2D eigenvalue weighted by molar-refractivity contribution is -0.137. The Morgan fingerprint density at radius 1 is 0.971 bits per heavy atom. The van der Waals surface area contributed by atoms with Gasteiger partial charge in [-0.2, -0.15) is 13.2 Å². The van der Waals surface area contributed by atoms with Gasteiger partial charge in [-0.05, 0) is 36.0 Å². The van der Waals surface area contributed by atoms with Crippen molar-refractivity contribution in [3.63, 3.8) is 0 Å². The largest absolute Gasteiger partial charge is 0.416 e. The lowest BCUT2D eigenvalue weighted by Crippen LogP contribution is -2.40. The van der Waals surface area contributed by atoms with Crippen molar-refractivity contribution in [3.8, 4) is 0 Å². The summed E-state index contributed by atoms with van der Waals surface area (Å²) >= 11 is 0. The fraction of sp³-hybridized carbons (Fsp3) is 0.517. The van der Waals surface area contributed by atoms with E-state index in [4.69, 9.17) is 0 Å². The van der Waals surface area contributed by atoms with Crippen LogP contribution >= 0.6 is 0 Å². The van der Waals surface area contributed by atoms with E-state index < -0.39 is 23.2 Å². The molecule has 194 valence electrons. The van der Waals surface area contributed by atoms with E-state index in [1.807, 2.05) is 30.3 Å². The highest BCUT2D eigenvalue weighted by Crippen LogP contribution is 2.50. The van der Waals surface area contributed by atoms with Gasteiger partial charge in [0.15, 0.2) is 0 Å². The summed E-state index contributed by atoms with van der Waals surface area (Å²) in [6.45, 7) is 11.1. The van der Waals surface area contributed by atoms with Gasteiger partial charge in [0.2, 0.25) is 0 Å². The zero-order chi connectivity index (χ0) is 26.3. The Balaban J connectivity index is 0.000000641. The minimum atomic E-state index is -4.63. The fourth-order valence-electron chi connectivity index (χ4n) is 4.43. The second-order valence-corrected chi connectivity index (χ2v) is 9.83. The van der Waals surface area contributed by atoms with Gasteiger partial charge in [-0.3, -0.25) is 0 Å². The van der Waals surface area contributed by atoms with E-state index in [1.54, 1.807) is 0 Å². The highest BCUT2D eigenvalue weighted by molar-refractivity contribution is 5.67. The van der Waals surface area contributed by atoms with E-state index in [0.717, 1.165) is 37.0 Å². The van der Waals surface area contributed by atoms with Crippen molar-refractivity contribution in [2.24, 2.45) is 5.41 Å². The summed E-state index contributed by atoms with van der Waals surface area (Å²) in [6.07, 6.45) is 3.83. The molecule has 0 aliphatic heterocycles. The quantitative estimate of drug-likeness (QED) is 0.270. The number of halogens is 5. The summed E-state index contributed by atoms with van der Waals surface area (Å²) in [5.74, 6) is -3.30. The lowest BCUT2D eigenvalue weighted by Gasteiger charge is -2.46. The number of hydrogen-bond donors (Lipinski definition) is 1. The highest BCUT2D eigenvalue weighted by Gasteiger charge is 2.41. The molecule has 1 nitrogen and oxygen atoms in total. The smallest absolute Gasteiger partial charge is 0.378 e. The van der Waals surface area contributed by atoms with E-state index >= 15 is 0 Å². The molecule has 35 heavy (non-hydrogen) atoms. The zero-order valence-corrected chi connectivity index (χ0v) is 21.2. The average Bonchev–Trinajstić information content (AvgIpc) is 2.79. The van der Waals surface area contributed by atoms with Crippen molar-refractivity contribution in [2.45, 2.75) is 90.8 Å². The highest BCUT2D eigenvalue weighted by atomic mass is 19.4. The Labute approximate surface area is 206 Å². The third-order valence-electron chi connectivity index (χ3n) is 6.75. The maximum atomic E-state index is 14.1. The monoisotopic (exact) mass is 495 g/mol. The molecule has 1 unspecified atom stereocenters. The molecule has 3 rings (SSSR count). The number of hydrogen-bond acceptors (Lipinski definition) is 1. The molecule has 0 aromatic heterocycles. The van der Waals surface area contributed by atoms with Crippen molar-refractivity contribution < 1.29 is 22.0 Å². The van der Waals surface area contributed by atoms with E-state index in [9.17, 15) is 22.0 Å². The Morgan fingerprint density at radius 3 is 1.97 bits per heavy atom. The van der Waals surface area contributed by atoms with E-state index in [1.165, 1.54) is 25.7 Å². The van der Waals surface area contributed by atoms with Crippen LogP contribution in [0.2, 0.25) is 0 Å². The Bertz CT molecular complexity index is 936. The second kappa shape index (κ2) is 12.0. The standard InChI is InChI=1S/C23H24F5N.C6H14/c1-15(18-14-17(23(26,27)28)10-11-19(18)22(3,24)25)29-20(21(2)12-7-13-21)16-8-5-4-6-9-16;1-3-5-6-4-2/h4-6,8-11,14,20,29H,1,7,12-13H2,2-3H3;3-6H2,1-2H3. The predicted molar refractivity (Wildman–Crippen MR) is 134 cm³/mol. The summed E-state index contributed by atoms with van der Waals surface area (Å²) < 4.78 is 67.9. The van der Waals surface area contributed by atoms with E-state index in [0.29, 0.717) is 13.0 Å². The Hall–Kier alpha value is -2.37. The topological polar surface area (TPSA) is 12.0 Å². The first kappa shape index (κ1) is 28.9. The molecule has 1 aliphatic rings. The first-order valence-corrected chi connectivity index (χ1v) is 12.4. The molecule has 0 radical (unpaired) electrons. The summed E-state index contributed by atoms with van der Waals surface area (Å²) in [5.41, 5.74) is -0.776. The molecule has 2 aromatic rings. The molecule has 6 heteroatoms. The minimum absolute atomic E-state index is 0.0644. The van der Waals surface area contributed by atoms with Gasteiger partial charge in [0.25, 0.3) is 5.92 Å². The van der Waals surface area contributed by atoms with Gasteiger partial charge >= 0.3 is 6.18 Å². The van der Waals surface area contributed by atoms with E-state index in [2.05, 4.69) is 32.7 Å². The van der Waals surface area contributed by atoms with Crippen LogP contribution in [0.15, 0.2) is 55.1 Å². The molecule has 0 saturated heterocycles. The van der Waals surface area contributed by atoms with Gasteiger partial charge in [-0.1, -0.05) is 95.9 Å². The SMILES string of the molecule is C=C(NC(c1ccccc1)C1(C)CCC1)c1cc(C(F)(F)F)ccc1C(C)(F)F.CCCCCC. The molecule has 0 spiro atoms. The van der Waals surface area contributed by atoms with Crippen LogP contribution in [-0.2, 0) is 12.1 Å². The molecule has 0 bridgehead atoms. The third-order valence-corrected chi connectivity index (χ3v) is 6.75. The maximum Gasteiger partial charge on any atom is 0.416 e.